The van der Waals surface area contributed by atoms with Crippen LogP contribution in [0.3, 0.4) is 0 Å². The molecule has 1 aliphatic carbocycles. The van der Waals surface area contributed by atoms with Crippen LogP contribution in [0.15, 0.2) is 36.1 Å². The Kier molecular flexibility index (Phi) is 4.47. The summed E-state index contributed by atoms with van der Waals surface area (Å²) in [5, 5.41) is 23.7. The van der Waals surface area contributed by atoms with Crippen molar-refractivity contribution in [2.75, 3.05) is 7.11 Å². The number of carbonyl (C=O) groups is 1. The molecule has 3 atom stereocenters. The quantitative estimate of drug-likeness (QED) is 0.501. The molecule has 8 heteroatoms. The summed E-state index contributed by atoms with van der Waals surface area (Å²) in [6, 6.07) is 6.55. The smallest absolute Gasteiger partial charge is 0.373 e. The molecule has 0 saturated heterocycles. The minimum atomic E-state index is -2.09. The molecule has 7 nitrogen and oxygen atoms in total. The summed E-state index contributed by atoms with van der Waals surface area (Å²) < 4.78 is 10.1. The van der Waals surface area contributed by atoms with Crippen LogP contribution in [0.2, 0.25) is 5.02 Å². The lowest BCUT2D eigenvalue weighted by Gasteiger charge is -2.48. The molecule has 1 aliphatic heterocycles. The fourth-order valence-corrected chi connectivity index (χ4v) is 3.94. The van der Waals surface area contributed by atoms with E-state index < -0.39 is 28.1 Å². The van der Waals surface area contributed by atoms with E-state index in [2.05, 4.69) is 4.74 Å². The number of methoxy groups -OCH3 is 1. The van der Waals surface area contributed by atoms with Crippen molar-refractivity contribution in [3.63, 3.8) is 0 Å². The Bertz CT molecular complexity index is 733. The van der Waals surface area contributed by atoms with Crippen LogP contribution in [0.1, 0.15) is 37.2 Å². The van der Waals surface area contributed by atoms with Gasteiger partial charge in [0, 0.05) is 22.8 Å². The molecule has 0 amide bonds. The van der Waals surface area contributed by atoms with Gasteiger partial charge < -0.3 is 14.6 Å². The molecule has 3 rings (SSSR count). The number of esters is 1. The Morgan fingerprint density at radius 1 is 1.36 bits per heavy atom. The van der Waals surface area contributed by atoms with Crippen molar-refractivity contribution < 1.29 is 24.3 Å². The lowest BCUT2D eigenvalue weighted by atomic mass is 9.65. The molecular formula is C17H18ClNO6. The van der Waals surface area contributed by atoms with E-state index in [1.807, 2.05) is 0 Å². The van der Waals surface area contributed by atoms with Crippen LogP contribution in [0, 0.1) is 10.1 Å². The first kappa shape index (κ1) is 17.7. The molecule has 1 N–H and O–H groups in total. The molecule has 134 valence electrons. The second-order valence-electron chi connectivity index (χ2n) is 6.33. The fraction of sp³-hybridized carbons (Fsp3) is 0.471. The summed E-state index contributed by atoms with van der Waals surface area (Å²) in [4.78, 5) is 23.6. The van der Waals surface area contributed by atoms with Gasteiger partial charge in [-0.25, -0.2) is 4.79 Å². The summed E-state index contributed by atoms with van der Waals surface area (Å²) >= 11 is 5.92. The number of nitro groups is 1. The van der Waals surface area contributed by atoms with Gasteiger partial charge in [0.15, 0.2) is 0 Å². The van der Waals surface area contributed by atoms with Crippen LogP contribution in [-0.2, 0) is 14.3 Å². The topological polar surface area (TPSA) is 98.9 Å². The second kappa shape index (κ2) is 6.31. The van der Waals surface area contributed by atoms with Gasteiger partial charge in [-0.05, 0) is 36.6 Å². The molecule has 1 aromatic carbocycles. The highest BCUT2D eigenvalue weighted by atomic mass is 35.5. The highest BCUT2D eigenvalue weighted by molar-refractivity contribution is 6.30. The van der Waals surface area contributed by atoms with Crippen LogP contribution in [0.4, 0.5) is 0 Å². The van der Waals surface area contributed by atoms with E-state index in [1.165, 1.54) is 13.2 Å². The summed E-state index contributed by atoms with van der Waals surface area (Å²) in [5.41, 5.74) is -1.21. The zero-order valence-electron chi connectivity index (χ0n) is 13.6. The van der Waals surface area contributed by atoms with E-state index in [0.717, 1.165) is 0 Å². The molecule has 0 radical (unpaired) electrons. The zero-order chi connectivity index (χ0) is 18.2. The normalized spacial score (nSPS) is 31.3. The highest BCUT2D eigenvalue weighted by Crippen LogP contribution is 2.53. The van der Waals surface area contributed by atoms with Crippen molar-refractivity contribution in [3.8, 4) is 0 Å². The maximum atomic E-state index is 12.1. The van der Waals surface area contributed by atoms with Crippen molar-refractivity contribution in [2.24, 2.45) is 0 Å². The largest absolute Gasteiger partial charge is 0.463 e. The molecule has 1 aromatic rings. The van der Waals surface area contributed by atoms with Gasteiger partial charge in [-0.1, -0.05) is 23.7 Å². The van der Waals surface area contributed by atoms with E-state index in [0.29, 0.717) is 23.4 Å². The number of ether oxygens (including phenoxy) is 2. The second-order valence-corrected chi connectivity index (χ2v) is 6.76. The summed E-state index contributed by atoms with van der Waals surface area (Å²) in [5.74, 6) is -3.94. The molecule has 25 heavy (non-hydrogen) atoms. The Balaban J connectivity index is 2.21. The molecule has 2 aliphatic rings. The third kappa shape index (κ3) is 2.67. The molecule has 1 fully saturated rings. The van der Waals surface area contributed by atoms with Crippen molar-refractivity contribution in [2.45, 2.75) is 42.9 Å². The van der Waals surface area contributed by atoms with E-state index in [-0.39, 0.29) is 18.6 Å². The van der Waals surface area contributed by atoms with Crippen LogP contribution in [0.5, 0.6) is 0 Å². The Morgan fingerprint density at radius 2 is 2.00 bits per heavy atom. The Labute approximate surface area is 149 Å². The average Bonchev–Trinajstić information content (AvgIpc) is 2.59. The zero-order valence-corrected chi connectivity index (χ0v) is 14.4. The number of aliphatic hydroxyl groups is 1. The lowest BCUT2D eigenvalue weighted by molar-refractivity contribution is -0.623. The van der Waals surface area contributed by atoms with Gasteiger partial charge >= 0.3 is 5.97 Å². The molecule has 1 saturated carbocycles. The van der Waals surface area contributed by atoms with E-state index in [4.69, 9.17) is 16.3 Å². The first-order valence-corrected chi connectivity index (χ1v) is 8.33. The summed E-state index contributed by atoms with van der Waals surface area (Å²) in [6.07, 6.45) is 2.71. The number of hydrogen-bond acceptors (Lipinski definition) is 6. The maximum absolute atomic E-state index is 12.1. The third-order valence-electron chi connectivity index (χ3n) is 5.05. The molecule has 0 aromatic heterocycles. The lowest BCUT2D eigenvalue weighted by Crippen LogP contribution is -2.67. The van der Waals surface area contributed by atoms with Crippen molar-refractivity contribution in [1.82, 2.24) is 0 Å². The van der Waals surface area contributed by atoms with Crippen LogP contribution in [0.25, 0.3) is 0 Å². The predicted molar refractivity (Wildman–Crippen MR) is 88.5 cm³/mol. The predicted octanol–water partition coefficient (Wildman–Crippen LogP) is 2.79. The average molecular weight is 368 g/mol. The monoisotopic (exact) mass is 367 g/mol. The first-order valence-electron chi connectivity index (χ1n) is 7.95. The Hall–Kier alpha value is -2.12. The number of nitrogens with zero attached hydrogens (tertiary/aromatic N) is 1. The van der Waals surface area contributed by atoms with Gasteiger partial charge in [0.2, 0.25) is 5.76 Å². The minimum absolute atomic E-state index is 0.0619. The number of fused-ring (bicyclic) bond motifs is 1. The number of hydrogen-bond donors (Lipinski definition) is 1. The van der Waals surface area contributed by atoms with Crippen molar-refractivity contribution >= 4 is 17.6 Å². The van der Waals surface area contributed by atoms with E-state index >= 15 is 0 Å². The van der Waals surface area contributed by atoms with Gasteiger partial charge in [0.05, 0.1) is 13.0 Å². The number of halogens is 1. The molecule has 1 heterocycles. The van der Waals surface area contributed by atoms with Gasteiger partial charge in [0.25, 0.3) is 11.3 Å². The highest BCUT2D eigenvalue weighted by Gasteiger charge is 2.70. The van der Waals surface area contributed by atoms with Crippen LogP contribution in [-0.4, -0.2) is 34.4 Å². The number of rotatable bonds is 3. The van der Waals surface area contributed by atoms with Gasteiger partial charge in [-0.15, -0.1) is 0 Å². The number of benzene rings is 1. The first-order chi connectivity index (χ1) is 11.8. The maximum Gasteiger partial charge on any atom is 0.373 e. The molecule has 0 spiro atoms. The van der Waals surface area contributed by atoms with E-state index in [1.54, 1.807) is 24.3 Å². The van der Waals surface area contributed by atoms with Gasteiger partial charge in [-0.2, -0.15) is 0 Å². The molecule has 0 bridgehead atoms. The van der Waals surface area contributed by atoms with E-state index in [9.17, 15) is 20.0 Å². The minimum Gasteiger partial charge on any atom is -0.463 e. The van der Waals surface area contributed by atoms with Crippen molar-refractivity contribution in [3.05, 3.63) is 56.8 Å². The summed E-state index contributed by atoms with van der Waals surface area (Å²) in [6.45, 7) is 0. The van der Waals surface area contributed by atoms with Gasteiger partial charge in [-0.3, -0.25) is 10.1 Å². The standard InChI is InChI=1S/C17H18ClNO6/c1-24-15(20)14-10-13(11-4-6-12(18)7-5-11)16(19(22)23)8-2-3-9-17(16,21)25-14/h4-7,10,13,21H,2-3,8-9H2,1H3/t13-,16-,17+/m1/s1. The number of carbonyl (C=O) groups excluding carboxylic acids is 1. The molecular weight excluding hydrogens is 350 g/mol. The van der Waals surface area contributed by atoms with Crippen molar-refractivity contribution in [1.29, 1.82) is 0 Å². The van der Waals surface area contributed by atoms with Crippen LogP contribution < -0.4 is 0 Å². The van der Waals surface area contributed by atoms with Crippen LogP contribution >= 0.6 is 11.6 Å². The third-order valence-corrected chi connectivity index (χ3v) is 5.30. The molecule has 0 unspecified atom stereocenters. The SMILES string of the molecule is COC(=O)C1=C[C@H](c2ccc(Cl)cc2)[C@]2([N+](=O)[O-])CCCC[C@]2(O)O1. The fourth-order valence-electron chi connectivity index (χ4n) is 3.81. The summed E-state index contributed by atoms with van der Waals surface area (Å²) in [7, 11) is 1.18. The van der Waals surface area contributed by atoms with Gasteiger partial charge in [0.1, 0.15) is 0 Å². The Morgan fingerprint density at radius 3 is 2.60 bits per heavy atom.